The summed E-state index contributed by atoms with van der Waals surface area (Å²) < 4.78 is 92.0. The van der Waals surface area contributed by atoms with Crippen LogP contribution >= 0.6 is 52.9 Å². The van der Waals surface area contributed by atoms with Crippen molar-refractivity contribution in [1.82, 2.24) is 5.32 Å². The normalized spacial score (nSPS) is 14.7. The number of benzene rings is 3. The predicted octanol–water partition coefficient (Wildman–Crippen LogP) is 6.67. The van der Waals surface area contributed by atoms with Crippen LogP contribution in [0.15, 0.2) is 101 Å². The lowest BCUT2D eigenvalue weighted by atomic mass is 9.90. The van der Waals surface area contributed by atoms with E-state index in [0.29, 0.717) is 48.0 Å². The fourth-order valence-corrected chi connectivity index (χ4v) is 12.3. The molecule has 45 heteroatoms. The number of hydrogen-bond acceptors (Lipinski definition) is 39. The van der Waals surface area contributed by atoms with E-state index in [1.54, 1.807) is 28.5 Å². The van der Waals surface area contributed by atoms with Crippen molar-refractivity contribution < 1.29 is 178 Å². The van der Waals surface area contributed by atoms with Crippen LogP contribution in [-0.2, 0) is 129 Å². The third-order valence-corrected chi connectivity index (χ3v) is 17.8. The van der Waals surface area contributed by atoms with E-state index in [2.05, 4.69) is 103 Å². The first-order valence-corrected chi connectivity index (χ1v) is 36.9. The van der Waals surface area contributed by atoms with Crippen LogP contribution in [0.2, 0.25) is 0 Å². The molecule has 2 aliphatic rings. The number of allylic oxidation sites excluding steroid dienone is 1. The Bertz CT molecular complexity index is 3240. The van der Waals surface area contributed by atoms with Crippen LogP contribution in [-0.4, -0.2) is 106 Å². The molecule has 97 heavy (non-hydrogen) atoms. The number of aromatic carboxylic acids is 1. The number of hydrogen-bond donors (Lipinski definition) is 3. The Kier molecular flexibility index (Phi) is 42.1. The number of fused-ring (bicyclic) bond motifs is 2. The SMILES string of the molecule is C/C=C/OOOOOCCOP(=O)([O-])O/C=C/OOOOOCCOP(=O)([O-])OCC(CCCCNC(=O)c1ccc(-c2c3ccc(=O)cc-3oc3cc([O-])ccc23)c(C(=O)O)c1)COP(=O)([O-])O/C=C/OOOOOCCOP(=O)([O-])OCCCCCCSSCCCCCO. The Labute approximate surface area is 559 Å². The lowest BCUT2D eigenvalue weighted by Gasteiger charge is -2.27. The highest BCUT2D eigenvalue weighted by molar-refractivity contribution is 8.76. The molecule has 0 fully saturated rings. The number of phosphoric ester groups is 4. The van der Waals surface area contributed by atoms with Gasteiger partial charge in [0.15, 0.2) is 18.0 Å². The number of rotatable bonds is 59. The minimum atomic E-state index is -5.26. The van der Waals surface area contributed by atoms with Gasteiger partial charge in [0.2, 0.25) is 0 Å². The van der Waals surface area contributed by atoms with Gasteiger partial charge in [0.25, 0.3) is 21.6 Å². The summed E-state index contributed by atoms with van der Waals surface area (Å²) in [7, 11) is -16.5. The summed E-state index contributed by atoms with van der Waals surface area (Å²) in [6.07, 6.45) is 10.6. The number of carboxylic acid groups (broad SMARTS) is 1. The molecular weight excluding hydrogens is 1430 g/mol. The van der Waals surface area contributed by atoms with Gasteiger partial charge < -0.3 is 95.5 Å². The number of amides is 1. The average Bonchev–Trinajstić information content (AvgIpc) is 0.750. The largest absolute Gasteiger partial charge is 0.872 e. The first kappa shape index (κ1) is 84.2. The summed E-state index contributed by atoms with van der Waals surface area (Å²) in [4.78, 5) is 113. The van der Waals surface area contributed by atoms with E-state index < -0.39 is 113 Å². The first-order chi connectivity index (χ1) is 46.6. The van der Waals surface area contributed by atoms with Crippen molar-refractivity contribution in [3.8, 4) is 28.2 Å². The van der Waals surface area contributed by atoms with Crippen LogP contribution in [0.25, 0.3) is 33.4 Å². The molecule has 0 saturated heterocycles. The number of carboxylic acids is 1. The van der Waals surface area contributed by atoms with E-state index in [1.807, 2.05) is 0 Å². The molecule has 4 rings (SSSR count). The maximum Gasteiger partial charge on any atom is 0.336 e. The molecule has 0 radical (unpaired) electrons. The Morgan fingerprint density at radius 2 is 1.10 bits per heavy atom. The summed E-state index contributed by atoms with van der Waals surface area (Å²) in [6.45, 7) is -3.42. The molecule has 3 N–H and O–H groups in total. The van der Waals surface area contributed by atoms with Gasteiger partial charge in [-0.15, -0.1) is 5.75 Å². The van der Waals surface area contributed by atoms with E-state index in [-0.39, 0.29) is 67.1 Å². The topological polar surface area (TPSA) is 513 Å². The molecule has 0 aromatic heterocycles. The van der Waals surface area contributed by atoms with Gasteiger partial charge in [-0.25, -0.2) is 19.5 Å². The molecule has 1 amide bonds. The van der Waals surface area contributed by atoms with Crippen LogP contribution in [0.1, 0.15) is 91.8 Å². The Morgan fingerprint density at radius 3 is 1.70 bits per heavy atom. The molecule has 2 aromatic rings. The minimum absolute atomic E-state index is 0.0359. The van der Waals surface area contributed by atoms with Gasteiger partial charge in [-0.2, -0.15) is 0 Å². The lowest BCUT2D eigenvalue weighted by molar-refractivity contribution is -0.700. The van der Waals surface area contributed by atoms with Crippen LogP contribution < -0.4 is 35.4 Å². The van der Waals surface area contributed by atoms with Crippen molar-refractivity contribution >= 4 is 75.7 Å². The standard InChI is InChI=1S/C52H73NO38P4S2/c1-2-21-68-83-89-84-69-24-29-76-93(62,63)77-30-25-71-86-91-88-73-27-32-79-95(66,67)81-39-40(38-80-94(64,65)78-31-26-72-87-90-85-70-23-28-75-92(60,61)74-22-9-3-4-10-33-96-97-34-11-5-8-20-54)12-6-7-19-53-51(57)41-13-16-44(47(35-41)52(58)59)50-45-17-14-42(55)36-48(45)82-49-37-43(56)15-18-46(49)50/h2,13-18,21,25-26,30-31,35-37,40,54-55H,3-12,19-20,22-24,27-29,32-34,38-39H2,1H3,(H,53,57)(H,58,59)(H,60,61)(H,62,63)(H,64,65)(H,66,67)/p-5/b21-2+,30-25+,31-26+. The number of aliphatic hydroxyl groups excluding tert-OH is 1. The van der Waals surface area contributed by atoms with Crippen LogP contribution in [0.4, 0.5) is 0 Å². The van der Waals surface area contributed by atoms with Gasteiger partial charge in [0, 0.05) is 88.9 Å². The number of carbonyl (C=O) groups is 2. The molecule has 0 saturated carbocycles. The summed E-state index contributed by atoms with van der Waals surface area (Å²) >= 11 is 0. The first-order valence-electron chi connectivity index (χ1n) is 28.6. The summed E-state index contributed by atoms with van der Waals surface area (Å²) in [5.74, 6) is -1.51. The number of aliphatic hydroxyl groups is 1. The van der Waals surface area contributed by atoms with Crippen molar-refractivity contribution in [3.63, 3.8) is 0 Å². The van der Waals surface area contributed by atoms with Gasteiger partial charge in [0.1, 0.15) is 50.0 Å². The predicted molar refractivity (Wildman–Crippen MR) is 317 cm³/mol. The van der Waals surface area contributed by atoms with E-state index in [0.717, 1.165) is 62.4 Å². The zero-order valence-electron chi connectivity index (χ0n) is 51.2. The van der Waals surface area contributed by atoms with E-state index in [1.165, 1.54) is 54.6 Å². The molecule has 0 spiro atoms. The quantitative estimate of drug-likeness (QED) is 0.00790. The summed E-state index contributed by atoms with van der Waals surface area (Å²) in [5.41, 5.74) is 0.124. The summed E-state index contributed by atoms with van der Waals surface area (Å²) in [6, 6.07) is 11.7. The van der Waals surface area contributed by atoms with Crippen molar-refractivity contribution in [2.75, 3.05) is 84.1 Å². The molecular formula is C52H68NO38P4S2-5. The fraction of sp³-hybridized carbons (Fsp3) is 0.481. The second-order valence-electron chi connectivity index (χ2n) is 18.6. The maximum absolute atomic E-state index is 13.4. The zero-order valence-corrected chi connectivity index (χ0v) is 56.4. The number of phosphoric acid groups is 4. The van der Waals surface area contributed by atoms with Crippen molar-refractivity contribution in [2.24, 2.45) is 5.92 Å². The Balaban J connectivity index is 1.19. The van der Waals surface area contributed by atoms with Gasteiger partial charge >= 0.3 is 21.6 Å². The number of carbonyl (C=O) groups excluding carboxylic acids is 1. The monoisotopic (exact) mass is 1500 g/mol. The molecule has 1 heterocycles. The Hall–Kier alpha value is -5.21. The molecule has 1 aliphatic heterocycles. The second-order valence-corrected chi connectivity index (χ2v) is 26.9. The Morgan fingerprint density at radius 1 is 0.567 bits per heavy atom. The maximum atomic E-state index is 13.4. The van der Waals surface area contributed by atoms with Crippen LogP contribution in [0.5, 0.6) is 5.75 Å². The number of unbranched alkanes of at least 4 members (excludes halogenated alkanes) is 6. The number of nitrogens with one attached hydrogen (secondary N) is 1. The summed E-state index contributed by atoms with van der Waals surface area (Å²) in [5, 5.41) is 70.7. The molecule has 2 aromatic carbocycles. The lowest BCUT2D eigenvalue weighted by Crippen LogP contribution is -2.25. The highest BCUT2D eigenvalue weighted by atomic mass is 33.1. The van der Waals surface area contributed by atoms with Crippen LogP contribution in [0.3, 0.4) is 0 Å². The fourth-order valence-electron chi connectivity index (χ4n) is 7.35. The highest BCUT2D eigenvalue weighted by Gasteiger charge is 2.24. The zero-order chi connectivity index (χ0) is 70.5. The second kappa shape index (κ2) is 48.5. The van der Waals surface area contributed by atoms with Gasteiger partial charge in [-0.1, -0.05) is 65.5 Å². The van der Waals surface area contributed by atoms with Gasteiger partial charge in [-0.3, -0.25) is 27.8 Å². The highest BCUT2D eigenvalue weighted by Crippen LogP contribution is 2.44. The molecule has 0 bridgehead atoms. The smallest absolute Gasteiger partial charge is 0.336 e. The molecule has 546 valence electrons. The molecule has 1 aliphatic carbocycles. The third-order valence-electron chi connectivity index (χ3n) is 11.5. The molecule has 5 unspecified atom stereocenters. The molecule has 39 nitrogen and oxygen atoms in total. The van der Waals surface area contributed by atoms with E-state index in [9.17, 15) is 62.4 Å². The average molecular weight is 1500 g/mol. The molecule has 5 atom stereocenters. The van der Waals surface area contributed by atoms with Crippen molar-refractivity contribution in [1.29, 1.82) is 0 Å². The minimum Gasteiger partial charge on any atom is -0.872 e. The van der Waals surface area contributed by atoms with E-state index >= 15 is 0 Å². The van der Waals surface area contributed by atoms with E-state index in [4.69, 9.17) is 23.1 Å². The van der Waals surface area contributed by atoms with Gasteiger partial charge in [0.05, 0.1) is 45.2 Å². The van der Waals surface area contributed by atoms with Crippen molar-refractivity contribution in [2.45, 2.75) is 71.1 Å². The van der Waals surface area contributed by atoms with Gasteiger partial charge in [-0.05, 0) is 103 Å². The van der Waals surface area contributed by atoms with Crippen LogP contribution in [0, 0.1) is 5.92 Å². The van der Waals surface area contributed by atoms with Crippen molar-refractivity contribution in [3.05, 3.63) is 113 Å². The third kappa shape index (κ3) is 37.7.